The third-order valence-electron chi connectivity index (χ3n) is 4.41. The molecule has 0 saturated heterocycles. The number of hydrogen-bond donors (Lipinski definition) is 0. The summed E-state index contributed by atoms with van der Waals surface area (Å²) >= 11 is 2.93. The van der Waals surface area contributed by atoms with Gasteiger partial charge in [-0.2, -0.15) is 0 Å². The molecule has 4 heteroatoms. The summed E-state index contributed by atoms with van der Waals surface area (Å²) in [4.78, 5) is 22.1. The zero-order chi connectivity index (χ0) is 15.0. The van der Waals surface area contributed by atoms with Gasteiger partial charge in [-0.15, -0.1) is 0 Å². The van der Waals surface area contributed by atoms with E-state index in [1.54, 1.807) is 13.8 Å². The molecule has 0 aliphatic heterocycles. The van der Waals surface area contributed by atoms with Crippen LogP contribution in [-0.2, 0) is 9.59 Å². The van der Waals surface area contributed by atoms with Gasteiger partial charge in [0.25, 0.3) is 0 Å². The molecule has 0 N–H and O–H groups in total. The fourth-order valence-electron chi connectivity index (χ4n) is 3.24. The summed E-state index contributed by atoms with van der Waals surface area (Å²) in [6, 6.07) is 0. The molecule has 1 aliphatic carbocycles. The van der Waals surface area contributed by atoms with Crippen LogP contribution in [-0.4, -0.2) is 21.7 Å². The molecule has 1 unspecified atom stereocenters. The van der Waals surface area contributed by atoms with E-state index in [-0.39, 0.29) is 10.2 Å². The maximum Gasteiger partial charge on any atom is 0.185 e. The molecule has 1 saturated carbocycles. The number of rotatable bonds is 7. The summed E-state index contributed by atoms with van der Waals surface area (Å²) in [5.41, 5.74) is 0. The lowest BCUT2D eigenvalue weighted by Gasteiger charge is -2.36. The highest BCUT2D eigenvalue weighted by Crippen LogP contribution is 2.40. The first kappa shape index (κ1) is 18.1. The fraction of sp³-hybridized carbons (Fsp3) is 0.875. The number of carbonyl (C=O) groups is 2. The largest absolute Gasteiger partial charge is 0.288 e. The van der Waals surface area contributed by atoms with E-state index in [1.807, 2.05) is 0 Å². The lowest BCUT2D eigenvalue weighted by Crippen LogP contribution is -2.26. The van der Waals surface area contributed by atoms with Crippen molar-refractivity contribution in [2.45, 2.75) is 59.3 Å². The summed E-state index contributed by atoms with van der Waals surface area (Å²) in [5, 5.41) is 0.465. The second-order valence-electron chi connectivity index (χ2n) is 5.86. The predicted molar refractivity (Wildman–Crippen MR) is 90.1 cm³/mol. The summed E-state index contributed by atoms with van der Waals surface area (Å²) in [6.07, 6.45) is 7.59. The van der Waals surface area contributed by atoms with E-state index in [4.69, 9.17) is 0 Å². The lowest BCUT2D eigenvalue weighted by molar-refractivity contribution is -0.109. The van der Waals surface area contributed by atoms with Crippen molar-refractivity contribution in [1.29, 1.82) is 0 Å². The van der Waals surface area contributed by atoms with Crippen LogP contribution in [0, 0.1) is 17.8 Å². The second kappa shape index (κ2) is 9.88. The van der Waals surface area contributed by atoms with Gasteiger partial charge in [0.2, 0.25) is 0 Å². The normalized spacial score (nSPS) is 26.4. The van der Waals surface area contributed by atoms with Gasteiger partial charge < -0.3 is 0 Å². The molecule has 0 radical (unpaired) electrons. The van der Waals surface area contributed by atoms with E-state index in [9.17, 15) is 9.59 Å². The van der Waals surface area contributed by atoms with Crippen LogP contribution in [0.5, 0.6) is 0 Å². The maximum atomic E-state index is 11.1. The fourth-order valence-corrected chi connectivity index (χ4v) is 4.65. The molecule has 3 atom stereocenters. The molecule has 0 heterocycles. The maximum absolute atomic E-state index is 11.1. The monoisotopic (exact) mass is 316 g/mol. The Bertz CT molecular complexity index is 318. The summed E-state index contributed by atoms with van der Waals surface area (Å²) in [6.45, 7) is 5.60. The van der Waals surface area contributed by atoms with Gasteiger partial charge in [0, 0.05) is 25.4 Å². The van der Waals surface area contributed by atoms with Gasteiger partial charge in [0.1, 0.15) is 0 Å². The SMILES string of the molecule is CC[C@@H]1CCC(CCSC(C)=O)[C@H](CCSC(C)=O)C1. The molecule has 1 aliphatic rings. The minimum absolute atomic E-state index is 0.232. The first-order valence-corrected chi connectivity index (χ1v) is 9.76. The summed E-state index contributed by atoms with van der Waals surface area (Å²) in [7, 11) is 0. The van der Waals surface area contributed by atoms with Crippen molar-refractivity contribution in [1.82, 2.24) is 0 Å². The molecule has 0 aromatic rings. The van der Waals surface area contributed by atoms with Crippen LogP contribution in [0.3, 0.4) is 0 Å². The van der Waals surface area contributed by atoms with Crippen LogP contribution in [0.1, 0.15) is 59.3 Å². The Kier molecular flexibility index (Phi) is 8.94. The van der Waals surface area contributed by atoms with E-state index in [1.165, 1.54) is 49.2 Å². The molecule has 0 spiro atoms. The Morgan fingerprint density at radius 1 is 0.950 bits per heavy atom. The summed E-state index contributed by atoms with van der Waals surface area (Å²) < 4.78 is 0. The third kappa shape index (κ3) is 7.16. The molecule has 116 valence electrons. The van der Waals surface area contributed by atoms with Crippen molar-refractivity contribution in [2.24, 2.45) is 17.8 Å². The quantitative estimate of drug-likeness (QED) is 0.677. The number of hydrogen-bond acceptors (Lipinski definition) is 4. The van der Waals surface area contributed by atoms with E-state index in [0.29, 0.717) is 0 Å². The van der Waals surface area contributed by atoms with Crippen molar-refractivity contribution in [3.05, 3.63) is 0 Å². The van der Waals surface area contributed by atoms with Gasteiger partial charge in [-0.3, -0.25) is 9.59 Å². The Labute approximate surface area is 132 Å². The zero-order valence-electron chi connectivity index (χ0n) is 13.0. The molecule has 0 aromatic heterocycles. The Balaban J connectivity index is 2.41. The van der Waals surface area contributed by atoms with Gasteiger partial charge in [-0.05, 0) is 43.4 Å². The Hall–Kier alpha value is 0.0400. The van der Waals surface area contributed by atoms with E-state index < -0.39 is 0 Å². The molecule has 2 nitrogen and oxygen atoms in total. The smallest absolute Gasteiger partial charge is 0.185 e. The van der Waals surface area contributed by atoms with Crippen LogP contribution in [0.4, 0.5) is 0 Å². The van der Waals surface area contributed by atoms with Crippen molar-refractivity contribution >= 4 is 33.8 Å². The van der Waals surface area contributed by atoms with Crippen molar-refractivity contribution in [3.8, 4) is 0 Å². The van der Waals surface area contributed by atoms with Crippen molar-refractivity contribution < 1.29 is 9.59 Å². The Morgan fingerprint density at radius 3 is 2.00 bits per heavy atom. The van der Waals surface area contributed by atoms with Gasteiger partial charge in [-0.25, -0.2) is 0 Å². The first-order chi connectivity index (χ1) is 9.52. The molecule has 0 bridgehead atoms. The summed E-state index contributed by atoms with van der Waals surface area (Å²) in [5.74, 6) is 4.32. The average Bonchev–Trinajstić information content (AvgIpc) is 2.39. The highest BCUT2D eigenvalue weighted by atomic mass is 32.2. The average molecular weight is 317 g/mol. The van der Waals surface area contributed by atoms with Crippen LogP contribution in [0.15, 0.2) is 0 Å². The highest BCUT2D eigenvalue weighted by Gasteiger charge is 2.29. The molecule has 0 aromatic carbocycles. The van der Waals surface area contributed by atoms with Gasteiger partial charge in [-0.1, -0.05) is 43.3 Å². The van der Waals surface area contributed by atoms with Crippen LogP contribution in [0.2, 0.25) is 0 Å². The predicted octanol–water partition coefficient (Wildman–Crippen LogP) is 4.77. The molecular weight excluding hydrogens is 288 g/mol. The minimum atomic E-state index is 0.232. The number of carbonyl (C=O) groups excluding carboxylic acids is 2. The van der Waals surface area contributed by atoms with E-state index in [2.05, 4.69) is 6.92 Å². The van der Waals surface area contributed by atoms with Crippen LogP contribution < -0.4 is 0 Å². The highest BCUT2D eigenvalue weighted by molar-refractivity contribution is 8.13. The van der Waals surface area contributed by atoms with E-state index >= 15 is 0 Å². The topological polar surface area (TPSA) is 34.1 Å². The Morgan fingerprint density at radius 2 is 1.50 bits per heavy atom. The van der Waals surface area contributed by atoms with Crippen molar-refractivity contribution in [2.75, 3.05) is 11.5 Å². The molecule has 1 fully saturated rings. The van der Waals surface area contributed by atoms with Crippen LogP contribution >= 0.6 is 23.5 Å². The number of thioether (sulfide) groups is 2. The van der Waals surface area contributed by atoms with Gasteiger partial charge in [0.05, 0.1) is 0 Å². The molecule has 0 amide bonds. The molecular formula is C16H28O2S2. The molecule has 20 heavy (non-hydrogen) atoms. The second-order valence-corrected chi connectivity index (χ2v) is 8.41. The standard InChI is InChI=1S/C16H28O2S2/c1-4-14-5-6-15(7-9-19-12(2)17)16(11-14)8-10-20-13(3)18/h14-16H,4-11H2,1-3H3/t14-,15?,16-/m1/s1. The third-order valence-corrected chi connectivity index (χ3v) is 6.11. The first-order valence-electron chi connectivity index (χ1n) is 7.79. The van der Waals surface area contributed by atoms with Crippen molar-refractivity contribution in [3.63, 3.8) is 0 Å². The van der Waals surface area contributed by atoms with Gasteiger partial charge in [0.15, 0.2) is 10.2 Å². The van der Waals surface area contributed by atoms with Gasteiger partial charge >= 0.3 is 0 Å². The van der Waals surface area contributed by atoms with Crippen LogP contribution in [0.25, 0.3) is 0 Å². The minimum Gasteiger partial charge on any atom is -0.288 e. The molecule has 1 rings (SSSR count). The zero-order valence-corrected chi connectivity index (χ0v) is 14.7. The van der Waals surface area contributed by atoms with E-state index in [0.717, 1.165) is 42.1 Å². The lowest BCUT2D eigenvalue weighted by atomic mass is 9.71.